The largest absolute Gasteiger partial charge is 0.337 e. The van der Waals surface area contributed by atoms with E-state index in [0.717, 1.165) is 32.5 Å². The summed E-state index contributed by atoms with van der Waals surface area (Å²) in [5.41, 5.74) is 5.64. The van der Waals surface area contributed by atoms with Gasteiger partial charge >= 0.3 is 0 Å². The maximum Gasteiger partial charge on any atom is 0.219 e. The Morgan fingerprint density at radius 3 is 2.31 bits per heavy atom. The van der Waals surface area contributed by atoms with Gasteiger partial charge in [0.2, 0.25) is 5.91 Å². The van der Waals surface area contributed by atoms with Gasteiger partial charge in [0.1, 0.15) is 0 Å². The monoisotopic (exact) mass is 227 g/mol. The van der Waals surface area contributed by atoms with E-state index >= 15 is 0 Å². The first kappa shape index (κ1) is 13.5. The van der Waals surface area contributed by atoms with Gasteiger partial charge < -0.3 is 10.6 Å². The van der Waals surface area contributed by atoms with E-state index in [1.807, 2.05) is 4.90 Å². The molecule has 1 heterocycles. The minimum Gasteiger partial charge on any atom is -0.337 e. The Balaban J connectivity index is 2.70. The lowest BCUT2D eigenvalue weighted by Gasteiger charge is -2.45. The second kappa shape index (κ2) is 6.21. The first-order chi connectivity index (χ1) is 7.63. The fraction of sp³-hybridized carbons (Fsp3) is 0.917. The number of nitrogens with two attached hydrogens (primary N) is 1. The van der Waals surface area contributed by atoms with Crippen LogP contribution in [-0.2, 0) is 4.79 Å². The van der Waals surface area contributed by atoms with Crippen LogP contribution < -0.4 is 5.73 Å². The van der Waals surface area contributed by atoms with E-state index in [4.69, 9.17) is 5.73 Å². The molecule has 0 aromatic heterocycles. The Hall–Kier alpha value is -0.610. The first-order valence-electron chi connectivity index (χ1n) is 6.35. The molecule has 0 aliphatic carbocycles. The molecule has 0 saturated carbocycles. The highest BCUT2D eigenvalue weighted by atomic mass is 16.2. The summed E-state index contributed by atoms with van der Waals surface area (Å²) in [6.45, 7) is 9.49. The van der Waals surface area contributed by atoms with Crippen molar-refractivity contribution >= 4 is 5.91 Å². The summed E-state index contributed by atoms with van der Waals surface area (Å²) < 4.78 is 0. The van der Waals surface area contributed by atoms with Crippen LogP contribution in [0.25, 0.3) is 0 Å². The number of nitrogens with zero attached hydrogens (tertiary/aromatic N) is 2. The molecular weight excluding hydrogens is 202 g/mol. The predicted molar refractivity (Wildman–Crippen MR) is 66.2 cm³/mol. The molecule has 4 heteroatoms. The number of rotatable bonds is 4. The SMILES string of the molecule is CCC1CN(C(C)=O)C(CC)CN1CCN. The Bertz CT molecular complexity index is 232. The lowest BCUT2D eigenvalue weighted by Crippen LogP contribution is -2.59. The highest BCUT2D eigenvalue weighted by molar-refractivity contribution is 5.73. The molecule has 0 radical (unpaired) electrons. The van der Waals surface area contributed by atoms with Crippen LogP contribution in [0, 0.1) is 0 Å². The highest BCUT2D eigenvalue weighted by Gasteiger charge is 2.32. The van der Waals surface area contributed by atoms with E-state index in [0.29, 0.717) is 18.6 Å². The van der Waals surface area contributed by atoms with Crippen molar-refractivity contribution in [2.45, 2.75) is 45.7 Å². The highest BCUT2D eigenvalue weighted by Crippen LogP contribution is 2.19. The van der Waals surface area contributed by atoms with Crippen LogP contribution in [0.1, 0.15) is 33.6 Å². The normalized spacial score (nSPS) is 27.1. The van der Waals surface area contributed by atoms with E-state index < -0.39 is 0 Å². The van der Waals surface area contributed by atoms with Gasteiger partial charge in [-0.3, -0.25) is 9.69 Å². The van der Waals surface area contributed by atoms with E-state index in [9.17, 15) is 4.79 Å². The lowest BCUT2D eigenvalue weighted by atomic mass is 10.0. The quantitative estimate of drug-likeness (QED) is 0.768. The maximum atomic E-state index is 11.6. The second-order valence-corrected chi connectivity index (χ2v) is 4.58. The number of amides is 1. The summed E-state index contributed by atoms with van der Waals surface area (Å²) in [6, 6.07) is 0.849. The molecule has 1 aliphatic rings. The van der Waals surface area contributed by atoms with E-state index in [1.165, 1.54) is 0 Å². The molecule has 0 aromatic carbocycles. The van der Waals surface area contributed by atoms with Crippen LogP contribution in [0.5, 0.6) is 0 Å². The average molecular weight is 227 g/mol. The van der Waals surface area contributed by atoms with E-state index in [1.54, 1.807) is 6.92 Å². The van der Waals surface area contributed by atoms with Gasteiger partial charge in [0.25, 0.3) is 0 Å². The summed E-state index contributed by atoms with van der Waals surface area (Å²) in [4.78, 5) is 16.0. The summed E-state index contributed by atoms with van der Waals surface area (Å²) in [7, 11) is 0. The zero-order valence-corrected chi connectivity index (χ0v) is 10.8. The lowest BCUT2D eigenvalue weighted by molar-refractivity contribution is -0.135. The zero-order valence-electron chi connectivity index (χ0n) is 10.8. The Morgan fingerprint density at radius 1 is 1.25 bits per heavy atom. The van der Waals surface area contributed by atoms with E-state index in [2.05, 4.69) is 18.7 Å². The smallest absolute Gasteiger partial charge is 0.219 e. The minimum atomic E-state index is 0.206. The topological polar surface area (TPSA) is 49.6 Å². The molecule has 0 bridgehead atoms. The molecule has 2 N–H and O–H groups in total. The van der Waals surface area contributed by atoms with Gasteiger partial charge in [0.05, 0.1) is 0 Å². The molecule has 1 rings (SSSR count). The Labute approximate surface area is 98.8 Å². The molecule has 1 aliphatic heterocycles. The van der Waals surface area contributed by atoms with Crippen LogP contribution in [-0.4, -0.2) is 54.0 Å². The number of carbonyl (C=O) groups is 1. The fourth-order valence-corrected chi connectivity index (χ4v) is 2.57. The Morgan fingerprint density at radius 2 is 1.88 bits per heavy atom. The molecule has 0 aromatic rings. The van der Waals surface area contributed by atoms with E-state index in [-0.39, 0.29) is 5.91 Å². The van der Waals surface area contributed by atoms with Gasteiger partial charge in [-0.2, -0.15) is 0 Å². The average Bonchev–Trinajstić information content (AvgIpc) is 2.28. The third-order valence-corrected chi connectivity index (χ3v) is 3.57. The van der Waals surface area contributed by atoms with Crippen molar-refractivity contribution in [2.75, 3.05) is 26.2 Å². The van der Waals surface area contributed by atoms with Crippen LogP contribution in [0.15, 0.2) is 0 Å². The molecule has 2 unspecified atom stereocenters. The third kappa shape index (κ3) is 2.95. The number of hydrogen-bond donors (Lipinski definition) is 1. The molecular formula is C12H25N3O. The molecule has 0 spiro atoms. The third-order valence-electron chi connectivity index (χ3n) is 3.57. The van der Waals surface area contributed by atoms with Crippen LogP contribution in [0.2, 0.25) is 0 Å². The van der Waals surface area contributed by atoms with Crippen LogP contribution in [0.3, 0.4) is 0 Å². The molecule has 94 valence electrons. The van der Waals surface area contributed by atoms with Crippen molar-refractivity contribution < 1.29 is 4.79 Å². The Kier molecular flexibility index (Phi) is 5.22. The molecule has 1 fully saturated rings. The second-order valence-electron chi connectivity index (χ2n) is 4.58. The summed E-state index contributed by atoms with van der Waals surface area (Å²) in [5, 5.41) is 0. The summed E-state index contributed by atoms with van der Waals surface area (Å²) in [5.74, 6) is 0.206. The summed E-state index contributed by atoms with van der Waals surface area (Å²) >= 11 is 0. The fourth-order valence-electron chi connectivity index (χ4n) is 2.57. The molecule has 2 atom stereocenters. The van der Waals surface area contributed by atoms with Crippen molar-refractivity contribution in [1.82, 2.24) is 9.80 Å². The summed E-state index contributed by atoms with van der Waals surface area (Å²) in [6.07, 6.45) is 2.11. The zero-order chi connectivity index (χ0) is 12.1. The van der Waals surface area contributed by atoms with Crippen molar-refractivity contribution in [3.05, 3.63) is 0 Å². The van der Waals surface area contributed by atoms with Crippen molar-refractivity contribution in [3.8, 4) is 0 Å². The molecule has 16 heavy (non-hydrogen) atoms. The predicted octanol–water partition coefficient (Wildman–Crippen LogP) is 0.666. The molecule has 1 amide bonds. The minimum absolute atomic E-state index is 0.206. The van der Waals surface area contributed by atoms with Crippen molar-refractivity contribution in [1.29, 1.82) is 0 Å². The van der Waals surface area contributed by atoms with Gasteiger partial charge in [-0.05, 0) is 12.8 Å². The van der Waals surface area contributed by atoms with Gasteiger partial charge in [0.15, 0.2) is 0 Å². The van der Waals surface area contributed by atoms with Crippen molar-refractivity contribution in [3.63, 3.8) is 0 Å². The molecule has 4 nitrogen and oxygen atoms in total. The standard InChI is InChI=1S/C12H25N3O/c1-4-11-9-15(10(3)16)12(5-2)8-14(11)7-6-13/h11-12H,4-9,13H2,1-3H3. The van der Waals surface area contributed by atoms with Gasteiger partial charge in [-0.25, -0.2) is 0 Å². The molecule has 1 saturated heterocycles. The van der Waals surface area contributed by atoms with Crippen molar-refractivity contribution in [2.24, 2.45) is 5.73 Å². The van der Waals surface area contributed by atoms with Gasteiger partial charge in [-0.1, -0.05) is 13.8 Å². The van der Waals surface area contributed by atoms with Gasteiger partial charge in [0, 0.05) is 45.2 Å². The number of piperazine rings is 1. The van der Waals surface area contributed by atoms with Crippen LogP contribution >= 0.6 is 0 Å². The number of carbonyl (C=O) groups excluding carboxylic acids is 1. The number of hydrogen-bond acceptors (Lipinski definition) is 3. The van der Waals surface area contributed by atoms with Gasteiger partial charge in [-0.15, -0.1) is 0 Å². The maximum absolute atomic E-state index is 11.6. The van der Waals surface area contributed by atoms with Crippen LogP contribution in [0.4, 0.5) is 0 Å². The first-order valence-corrected chi connectivity index (χ1v) is 6.35.